The first-order chi connectivity index (χ1) is 4.83. The Morgan fingerprint density at radius 3 is 3.10 bits per heavy atom. The Balaban J connectivity index is 2.38. The number of nitrogens with one attached hydrogen (secondary N) is 1. The topological polar surface area (TPSA) is 29.1 Å². The summed E-state index contributed by atoms with van der Waals surface area (Å²) in [5, 5.41) is 2.86. The molecule has 1 fully saturated rings. The van der Waals surface area contributed by atoms with Crippen LogP contribution in [0.3, 0.4) is 0 Å². The van der Waals surface area contributed by atoms with E-state index in [0.29, 0.717) is 12.3 Å². The quantitative estimate of drug-likeness (QED) is 0.577. The highest BCUT2D eigenvalue weighted by Gasteiger charge is 2.14. The minimum Gasteiger partial charge on any atom is -0.352 e. The number of halogens is 1. The van der Waals surface area contributed by atoms with E-state index in [1.54, 1.807) is 0 Å². The highest BCUT2D eigenvalue weighted by molar-refractivity contribution is 6.18. The zero-order valence-electron chi connectivity index (χ0n) is 5.90. The molecule has 0 aromatic heterocycles. The van der Waals surface area contributed by atoms with Gasteiger partial charge in [0.2, 0.25) is 5.91 Å². The molecule has 1 amide bonds. The van der Waals surface area contributed by atoms with Gasteiger partial charge in [0, 0.05) is 18.3 Å². The first kappa shape index (κ1) is 7.86. The van der Waals surface area contributed by atoms with E-state index in [-0.39, 0.29) is 11.9 Å². The molecule has 0 spiro atoms. The molecule has 58 valence electrons. The monoisotopic (exact) mass is 161 g/mol. The van der Waals surface area contributed by atoms with Gasteiger partial charge in [0.05, 0.1) is 0 Å². The summed E-state index contributed by atoms with van der Waals surface area (Å²) in [6.07, 6.45) is 3.85. The van der Waals surface area contributed by atoms with Crippen LogP contribution in [0.1, 0.15) is 25.7 Å². The van der Waals surface area contributed by atoms with Crippen LogP contribution in [-0.4, -0.2) is 17.8 Å². The predicted octanol–water partition coefficient (Wildman–Crippen LogP) is 1.28. The molecule has 0 aromatic rings. The SMILES string of the molecule is O=C1CCCC[C@H](CCl)N1. The first-order valence-corrected chi connectivity index (χ1v) is 4.21. The third-order valence-electron chi connectivity index (χ3n) is 1.76. The molecule has 0 saturated carbocycles. The van der Waals surface area contributed by atoms with Crippen LogP contribution in [0.2, 0.25) is 0 Å². The summed E-state index contributed by atoms with van der Waals surface area (Å²) in [4.78, 5) is 10.9. The standard InChI is InChI=1S/C7H12ClNO/c8-5-6-3-1-2-4-7(10)9-6/h6H,1-5H2,(H,9,10)/t6-/m1/s1. The van der Waals surface area contributed by atoms with E-state index in [0.717, 1.165) is 19.3 Å². The van der Waals surface area contributed by atoms with Gasteiger partial charge in [-0.3, -0.25) is 4.79 Å². The Morgan fingerprint density at radius 2 is 2.40 bits per heavy atom. The molecular formula is C7H12ClNO. The zero-order chi connectivity index (χ0) is 7.40. The highest BCUT2D eigenvalue weighted by Crippen LogP contribution is 2.09. The minimum atomic E-state index is 0.156. The summed E-state index contributed by atoms with van der Waals surface area (Å²) >= 11 is 5.60. The molecule has 0 aromatic carbocycles. The molecule has 3 heteroatoms. The van der Waals surface area contributed by atoms with Crippen molar-refractivity contribution in [2.24, 2.45) is 0 Å². The Morgan fingerprint density at radius 1 is 1.60 bits per heavy atom. The van der Waals surface area contributed by atoms with Crippen LogP contribution in [0.15, 0.2) is 0 Å². The molecule has 10 heavy (non-hydrogen) atoms. The third-order valence-corrected chi connectivity index (χ3v) is 2.13. The van der Waals surface area contributed by atoms with E-state index < -0.39 is 0 Å². The Kier molecular flexibility index (Phi) is 3.00. The Bertz CT molecular complexity index is 127. The number of carbonyl (C=O) groups is 1. The molecule has 1 saturated heterocycles. The van der Waals surface area contributed by atoms with Gasteiger partial charge in [-0.25, -0.2) is 0 Å². The van der Waals surface area contributed by atoms with Gasteiger partial charge in [0.15, 0.2) is 0 Å². The molecule has 1 heterocycles. The number of hydrogen-bond acceptors (Lipinski definition) is 1. The van der Waals surface area contributed by atoms with Crippen molar-refractivity contribution in [3.05, 3.63) is 0 Å². The molecule has 1 aliphatic rings. The highest BCUT2D eigenvalue weighted by atomic mass is 35.5. The summed E-state index contributed by atoms with van der Waals surface area (Å²) in [6.45, 7) is 0. The lowest BCUT2D eigenvalue weighted by atomic mass is 10.1. The van der Waals surface area contributed by atoms with Crippen molar-refractivity contribution in [1.82, 2.24) is 5.32 Å². The van der Waals surface area contributed by atoms with E-state index in [4.69, 9.17) is 11.6 Å². The second-order valence-electron chi connectivity index (χ2n) is 2.66. The van der Waals surface area contributed by atoms with Gasteiger partial charge >= 0.3 is 0 Å². The molecule has 1 rings (SSSR count). The van der Waals surface area contributed by atoms with E-state index in [2.05, 4.69) is 5.32 Å². The van der Waals surface area contributed by atoms with Gasteiger partial charge in [0.25, 0.3) is 0 Å². The van der Waals surface area contributed by atoms with Gasteiger partial charge in [-0.1, -0.05) is 6.42 Å². The molecule has 1 atom stereocenters. The second kappa shape index (κ2) is 3.81. The van der Waals surface area contributed by atoms with Crippen LogP contribution < -0.4 is 5.32 Å². The summed E-state index contributed by atoms with van der Waals surface area (Å²) in [7, 11) is 0. The van der Waals surface area contributed by atoms with Crippen molar-refractivity contribution in [3.63, 3.8) is 0 Å². The fraction of sp³-hybridized carbons (Fsp3) is 0.857. The number of alkyl halides is 1. The van der Waals surface area contributed by atoms with Crippen LogP contribution >= 0.6 is 11.6 Å². The van der Waals surface area contributed by atoms with Crippen molar-refractivity contribution < 1.29 is 4.79 Å². The molecule has 0 unspecified atom stereocenters. The lowest BCUT2D eigenvalue weighted by molar-refractivity contribution is -0.121. The Hall–Kier alpha value is -0.240. The maximum Gasteiger partial charge on any atom is 0.220 e. The molecule has 1 N–H and O–H groups in total. The van der Waals surface area contributed by atoms with Gasteiger partial charge in [-0.05, 0) is 12.8 Å². The summed E-state index contributed by atoms with van der Waals surface area (Å²) < 4.78 is 0. The van der Waals surface area contributed by atoms with Gasteiger partial charge in [-0.2, -0.15) is 0 Å². The van der Waals surface area contributed by atoms with Crippen LogP contribution in [0, 0.1) is 0 Å². The smallest absolute Gasteiger partial charge is 0.220 e. The molecule has 0 radical (unpaired) electrons. The number of rotatable bonds is 1. The van der Waals surface area contributed by atoms with E-state index in [1.807, 2.05) is 0 Å². The molecule has 1 aliphatic heterocycles. The summed E-state index contributed by atoms with van der Waals surface area (Å²) in [5.41, 5.74) is 0. The van der Waals surface area contributed by atoms with Crippen molar-refractivity contribution in [3.8, 4) is 0 Å². The first-order valence-electron chi connectivity index (χ1n) is 3.68. The van der Waals surface area contributed by atoms with E-state index >= 15 is 0 Å². The molecule has 2 nitrogen and oxygen atoms in total. The molecular weight excluding hydrogens is 150 g/mol. The fourth-order valence-corrected chi connectivity index (χ4v) is 1.40. The molecule has 0 aliphatic carbocycles. The van der Waals surface area contributed by atoms with Gasteiger partial charge in [0.1, 0.15) is 0 Å². The number of hydrogen-bond donors (Lipinski definition) is 1. The van der Waals surface area contributed by atoms with Gasteiger partial charge < -0.3 is 5.32 Å². The van der Waals surface area contributed by atoms with Crippen molar-refractivity contribution in [2.75, 3.05) is 5.88 Å². The zero-order valence-corrected chi connectivity index (χ0v) is 6.66. The summed E-state index contributed by atoms with van der Waals surface area (Å²) in [5.74, 6) is 0.703. The van der Waals surface area contributed by atoms with Gasteiger partial charge in [-0.15, -0.1) is 11.6 Å². The average Bonchev–Trinajstić information content (AvgIpc) is 2.13. The largest absolute Gasteiger partial charge is 0.352 e. The van der Waals surface area contributed by atoms with E-state index in [9.17, 15) is 4.79 Å². The fourth-order valence-electron chi connectivity index (χ4n) is 1.16. The molecule has 0 bridgehead atoms. The van der Waals surface area contributed by atoms with Crippen LogP contribution in [0.4, 0.5) is 0 Å². The van der Waals surface area contributed by atoms with Crippen LogP contribution in [0.25, 0.3) is 0 Å². The summed E-state index contributed by atoms with van der Waals surface area (Å²) in [6, 6.07) is 0.219. The third kappa shape index (κ3) is 2.18. The number of amides is 1. The Labute approximate surface area is 65.9 Å². The number of carbonyl (C=O) groups excluding carboxylic acids is 1. The lowest BCUT2D eigenvalue weighted by Gasteiger charge is -2.10. The van der Waals surface area contributed by atoms with Crippen molar-refractivity contribution in [1.29, 1.82) is 0 Å². The van der Waals surface area contributed by atoms with Crippen LogP contribution in [-0.2, 0) is 4.79 Å². The van der Waals surface area contributed by atoms with Crippen LogP contribution in [0.5, 0.6) is 0 Å². The van der Waals surface area contributed by atoms with Crippen molar-refractivity contribution in [2.45, 2.75) is 31.7 Å². The predicted molar refractivity (Wildman–Crippen MR) is 41.1 cm³/mol. The minimum absolute atomic E-state index is 0.156. The maximum atomic E-state index is 10.9. The lowest BCUT2D eigenvalue weighted by Crippen LogP contribution is -2.33. The second-order valence-corrected chi connectivity index (χ2v) is 2.97. The maximum absolute atomic E-state index is 10.9. The normalized spacial score (nSPS) is 27.3. The van der Waals surface area contributed by atoms with Crippen molar-refractivity contribution >= 4 is 17.5 Å². The van der Waals surface area contributed by atoms with E-state index in [1.165, 1.54) is 0 Å². The average molecular weight is 162 g/mol.